The molecule has 0 radical (unpaired) electrons. The van der Waals surface area contributed by atoms with Gasteiger partial charge in [0.25, 0.3) is 0 Å². The van der Waals surface area contributed by atoms with E-state index in [1.807, 2.05) is 18.2 Å². The summed E-state index contributed by atoms with van der Waals surface area (Å²) in [4.78, 5) is 11.9. The van der Waals surface area contributed by atoms with Gasteiger partial charge in [-0.2, -0.15) is 5.10 Å². The van der Waals surface area contributed by atoms with Crippen molar-refractivity contribution in [3.8, 4) is 10.6 Å². The highest BCUT2D eigenvalue weighted by Crippen LogP contribution is 2.33. The van der Waals surface area contributed by atoms with Crippen LogP contribution in [0.25, 0.3) is 20.7 Å². The van der Waals surface area contributed by atoms with Gasteiger partial charge in [0.1, 0.15) is 0 Å². The third-order valence-corrected chi connectivity index (χ3v) is 3.92. The molecule has 90 valence electrons. The van der Waals surface area contributed by atoms with Crippen LogP contribution < -0.4 is 0 Å². The van der Waals surface area contributed by atoms with Crippen LogP contribution in [0.15, 0.2) is 36.4 Å². The van der Waals surface area contributed by atoms with Crippen LogP contribution in [0.1, 0.15) is 10.5 Å². The zero-order valence-corrected chi connectivity index (χ0v) is 10.4. The highest BCUT2D eigenvalue weighted by molar-refractivity contribution is 7.22. The predicted molar refractivity (Wildman–Crippen MR) is 71.0 cm³/mol. The van der Waals surface area contributed by atoms with Crippen molar-refractivity contribution in [3.63, 3.8) is 0 Å². The third-order valence-electron chi connectivity index (χ3n) is 2.78. The average molecular weight is 258 g/mol. The number of fused-ring (bicyclic) bond motifs is 1. The van der Waals surface area contributed by atoms with Gasteiger partial charge in [-0.05, 0) is 23.6 Å². The first-order valence-corrected chi connectivity index (χ1v) is 6.23. The van der Waals surface area contributed by atoms with E-state index in [1.54, 1.807) is 29.1 Å². The van der Waals surface area contributed by atoms with E-state index in [1.165, 1.54) is 4.70 Å². The second-order valence-electron chi connectivity index (χ2n) is 3.99. The van der Waals surface area contributed by atoms with Crippen LogP contribution in [0.3, 0.4) is 0 Å². The fourth-order valence-corrected chi connectivity index (χ4v) is 3.02. The Balaban J connectivity index is 2.16. The van der Waals surface area contributed by atoms with Crippen LogP contribution in [0, 0.1) is 0 Å². The number of benzene rings is 1. The first-order chi connectivity index (χ1) is 8.65. The minimum Gasteiger partial charge on any atom is -0.476 e. The molecular weight excluding hydrogens is 248 g/mol. The van der Waals surface area contributed by atoms with E-state index >= 15 is 0 Å². The van der Waals surface area contributed by atoms with Crippen molar-refractivity contribution < 1.29 is 9.90 Å². The van der Waals surface area contributed by atoms with Gasteiger partial charge in [0.05, 0.1) is 10.6 Å². The molecule has 3 rings (SSSR count). The smallest absolute Gasteiger partial charge is 0.356 e. The highest BCUT2D eigenvalue weighted by atomic mass is 32.1. The van der Waals surface area contributed by atoms with Gasteiger partial charge in [-0.1, -0.05) is 18.2 Å². The van der Waals surface area contributed by atoms with E-state index in [0.717, 1.165) is 16.0 Å². The molecule has 1 aromatic carbocycles. The first kappa shape index (κ1) is 11.0. The number of carboxylic acids is 1. The molecule has 0 saturated carbocycles. The number of thiophene rings is 1. The number of nitrogens with zero attached hydrogens (tertiary/aromatic N) is 2. The van der Waals surface area contributed by atoms with Gasteiger partial charge in [0.2, 0.25) is 0 Å². The Labute approximate surface area is 107 Å². The lowest BCUT2D eigenvalue weighted by Crippen LogP contribution is -1.99. The summed E-state index contributed by atoms with van der Waals surface area (Å²) in [5.41, 5.74) is 0.901. The molecular formula is C13H10N2O2S. The Hall–Kier alpha value is -2.14. The van der Waals surface area contributed by atoms with Crippen LogP contribution in [0.2, 0.25) is 0 Å². The van der Waals surface area contributed by atoms with Crippen molar-refractivity contribution in [2.45, 2.75) is 0 Å². The van der Waals surface area contributed by atoms with Gasteiger partial charge < -0.3 is 5.11 Å². The van der Waals surface area contributed by atoms with E-state index in [0.29, 0.717) is 0 Å². The Bertz CT molecular complexity index is 709. The van der Waals surface area contributed by atoms with Crippen LogP contribution in [-0.2, 0) is 7.05 Å². The summed E-state index contributed by atoms with van der Waals surface area (Å²) in [5.74, 6) is -1.00. The summed E-state index contributed by atoms with van der Waals surface area (Å²) in [5, 5.41) is 14.1. The standard InChI is InChI=1S/C13H10N2O2S/c1-15-10(7-9(14-15)13(16)17)12-6-8-4-2-3-5-11(8)18-12/h2-7H,1H3,(H,16,17). The molecule has 0 amide bonds. The number of rotatable bonds is 2. The summed E-state index contributed by atoms with van der Waals surface area (Å²) in [6.07, 6.45) is 0. The van der Waals surface area contributed by atoms with Gasteiger partial charge in [-0.15, -0.1) is 11.3 Å². The minimum absolute atomic E-state index is 0.0740. The van der Waals surface area contributed by atoms with Crippen molar-refractivity contribution >= 4 is 27.4 Å². The second-order valence-corrected chi connectivity index (χ2v) is 5.08. The summed E-state index contributed by atoms with van der Waals surface area (Å²) >= 11 is 1.64. The number of aromatic nitrogens is 2. The summed E-state index contributed by atoms with van der Waals surface area (Å²) in [6, 6.07) is 11.7. The zero-order valence-electron chi connectivity index (χ0n) is 9.62. The van der Waals surface area contributed by atoms with E-state index in [-0.39, 0.29) is 5.69 Å². The van der Waals surface area contributed by atoms with Crippen molar-refractivity contribution in [2.75, 3.05) is 0 Å². The number of hydrogen-bond acceptors (Lipinski definition) is 3. The maximum Gasteiger partial charge on any atom is 0.356 e. The first-order valence-electron chi connectivity index (χ1n) is 5.41. The summed E-state index contributed by atoms with van der Waals surface area (Å²) in [7, 11) is 1.76. The molecule has 0 fully saturated rings. The van der Waals surface area contributed by atoms with Crippen molar-refractivity contribution in [3.05, 3.63) is 42.1 Å². The van der Waals surface area contributed by atoms with Gasteiger partial charge in [-0.25, -0.2) is 4.79 Å². The van der Waals surface area contributed by atoms with Gasteiger partial charge >= 0.3 is 5.97 Å². The number of carbonyl (C=O) groups is 1. The monoisotopic (exact) mass is 258 g/mol. The SMILES string of the molecule is Cn1nc(C(=O)O)cc1-c1cc2ccccc2s1. The summed E-state index contributed by atoms with van der Waals surface area (Å²) in [6.45, 7) is 0. The predicted octanol–water partition coefficient (Wildman–Crippen LogP) is 3.00. The maximum absolute atomic E-state index is 10.9. The Morgan fingerprint density at radius 3 is 2.78 bits per heavy atom. The number of aryl methyl sites for hydroxylation is 1. The molecule has 18 heavy (non-hydrogen) atoms. The van der Waals surface area contributed by atoms with E-state index in [2.05, 4.69) is 17.2 Å². The van der Waals surface area contributed by atoms with Gasteiger partial charge in [-0.3, -0.25) is 4.68 Å². The molecule has 0 unspecified atom stereocenters. The zero-order chi connectivity index (χ0) is 12.7. The normalized spacial score (nSPS) is 10.9. The maximum atomic E-state index is 10.9. The lowest BCUT2D eigenvalue weighted by molar-refractivity contribution is 0.0689. The van der Waals surface area contributed by atoms with Gasteiger partial charge in [0, 0.05) is 11.7 Å². The molecule has 0 saturated heterocycles. The second kappa shape index (κ2) is 3.96. The van der Waals surface area contributed by atoms with E-state index in [4.69, 9.17) is 5.11 Å². The lowest BCUT2D eigenvalue weighted by atomic mass is 10.2. The van der Waals surface area contributed by atoms with E-state index < -0.39 is 5.97 Å². The Morgan fingerprint density at radius 1 is 1.33 bits per heavy atom. The Kier molecular flexibility index (Phi) is 2.41. The molecule has 5 heteroatoms. The molecule has 2 heterocycles. The largest absolute Gasteiger partial charge is 0.476 e. The number of hydrogen-bond donors (Lipinski definition) is 1. The lowest BCUT2D eigenvalue weighted by Gasteiger charge is -1.95. The van der Waals surface area contributed by atoms with Crippen LogP contribution in [-0.4, -0.2) is 20.9 Å². The molecule has 0 atom stereocenters. The Morgan fingerprint density at radius 2 is 2.11 bits per heavy atom. The molecule has 0 aliphatic heterocycles. The van der Waals surface area contributed by atoms with Crippen molar-refractivity contribution in [2.24, 2.45) is 7.05 Å². The molecule has 0 aliphatic carbocycles. The van der Waals surface area contributed by atoms with Crippen molar-refractivity contribution in [1.82, 2.24) is 9.78 Å². The average Bonchev–Trinajstić information content (AvgIpc) is 2.91. The molecule has 1 N–H and O–H groups in total. The van der Waals surface area contributed by atoms with Crippen LogP contribution in [0.5, 0.6) is 0 Å². The molecule has 2 aromatic heterocycles. The van der Waals surface area contributed by atoms with Crippen LogP contribution in [0.4, 0.5) is 0 Å². The fraction of sp³-hybridized carbons (Fsp3) is 0.0769. The molecule has 0 spiro atoms. The topological polar surface area (TPSA) is 55.1 Å². The fourth-order valence-electron chi connectivity index (χ4n) is 1.91. The number of aromatic carboxylic acids is 1. The number of carboxylic acid groups (broad SMARTS) is 1. The highest BCUT2D eigenvalue weighted by Gasteiger charge is 2.14. The molecule has 0 bridgehead atoms. The molecule has 4 nitrogen and oxygen atoms in total. The molecule has 3 aromatic rings. The quantitative estimate of drug-likeness (QED) is 0.768. The van der Waals surface area contributed by atoms with E-state index in [9.17, 15) is 4.79 Å². The van der Waals surface area contributed by atoms with Gasteiger partial charge in [0.15, 0.2) is 5.69 Å². The summed E-state index contributed by atoms with van der Waals surface area (Å²) < 4.78 is 2.79. The molecule has 0 aliphatic rings. The van der Waals surface area contributed by atoms with Crippen molar-refractivity contribution in [1.29, 1.82) is 0 Å². The van der Waals surface area contributed by atoms with Crippen LogP contribution >= 0.6 is 11.3 Å². The minimum atomic E-state index is -1.00. The third kappa shape index (κ3) is 1.69.